The Labute approximate surface area is 153 Å². The molecule has 26 heavy (non-hydrogen) atoms. The topological polar surface area (TPSA) is 117 Å². The number of hydrogen-bond donors (Lipinski definition) is 2. The average molecular weight is 374 g/mol. The number of nitriles is 1. The number of carbonyl (C=O) groups is 1. The van der Waals surface area contributed by atoms with Crippen LogP contribution >= 0.6 is 11.3 Å². The molecule has 0 radical (unpaired) electrons. The molecule has 0 spiro atoms. The number of ether oxygens (including phenoxy) is 1. The Balaban J connectivity index is 1.92. The summed E-state index contributed by atoms with van der Waals surface area (Å²) in [6.45, 7) is 6.06. The lowest BCUT2D eigenvalue weighted by molar-refractivity contribution is -0.0566. The summed E-state index contributed by atoms with van der Waals surface area (Å²) < 4.78 is 6.94. The van der Waals surface area contributed by atoms with Gasteiger partial charge in [0.05, 0.1) is 25.3 Å². The fourth-order valence-corrected chi connectivity index (χ4v) is 3.78. The number of aromatic nitrogens is 2. The molecule has 0 unspecified atom stereocenters. The zero-order chi connectivity index (χ0) is 19.1. The third-order valence-corrected chi connectivity index (χ3v) is 5.19. The highest BCUT2D eigenvalue weighted by atomic mass is 32.1. The van der Waals surface area contributed by atoms with E-state index in [2.05, 4.69) is 16.4 Å². The minimum absolute atomic E-state index is 0.111. The summed E-state index contributed by atoms with van der Waals surface area (Å²) in [6.07, 6.45) is 0. The maximum atomic E-state index is 12.5. The first kappa shape index (κ1) is 18.1. The number of rotatable bonds is 3. The van der Waals surface area contributed by atoms with E-state index in [1.165, 1.54) is 15.9 Å². The predicted octanol–water partition coefficient (Wildman–Crippen LogP) is 1.39. The maximum absolute atomic E-state index is 12.5. The van der Waals surface area contributed by atoms with Gasteiger partial charge >= 0.3 is 0 Å². The van der Waals surface area contributed by atoms with Gasteiger partial charge in [-0.15, -0.1) is 11.3 Å². The Morgan fingerprint density at radius 1 is 1.58 bits per heavy atom. The van der Waals surface area contributed by atoms with E-state index < -0.39 is 22.8 Å². The molecule has 0 bridgehead atoms. The van der Waals surface area contributed by atoms with Crippen molar-refractivity contribution in [2.24, 2.45) is 0 Å². The van der Waals surface area contributed by atoms with Crippen molar-refractivity contribution in [2.45, 2.75) is 39.5 Å². The van der Waals surface area contributed by atoms with Gasteiger partial charge in [0.15, 0.2) is 5.69 Å². The lowest BCUT2D eigenvalue weighted by Gasteiger charge is -2.32. The van der Waals surface area contributed by atoms with Gasteiger partial charge in [-0.1, -0.05) is 0 Å². The smallest absolute Gasteiger partial charge is 0.296 e. The number of nitrogens with zero attached hydrogens (tertiary/aromatic N) is 3. The van der Waals surface area contributed by atoms with E-state index in [1.807, 2.05) is 6.92 Å². The molecule has 136 valence electrons. The first-order valence-corrected chi connectivity index (χ1v) is 8.82. The second-order valence-electron chi connectivity index (χ2n) is 6.44. The molecule has 0 saturated carbocycles. The second-order valence-corrected chi connectivity index (χ2v) is 7.78. The van der Waals surface area contributed by atoms with Crippen LogP contribution in [0.5, 0.6) is 5.75 Å². The molecule has 2 aromatic rings. The Hall–Kier alpha value is -2.70. The number of amides is 1. The molecular formula is C17H18N4O4S. The Morgan fingerprint density at radius 2 is 2.31 bits per heavy atom. The minimum atomic E-state index is -0.848. The van der Waals surface area contributed by atoms with Crippen LogP contribution in [-0.2, 0) is 23.4 Å². The second kappa shape index (κ2) is 6.55. The third kappa shape index (κ3) is 3.09. The first-order valence-electron chi connectivity index (χ1n) is 8.00. The highest BCUT2D eigenvalue weighted by molar-refractivity contribution is 7.12. The van der Waals surface area contributed by atoms with E-state index in [9.17, 15) is 14.7 Å². The van der Waals surface area contributed by atoms with E-state index >= 15 is 0 Å². The van der Waals surface area contributed by atoms with Gasteiger partial charge in [0.1, 0.15) is 17.5 Å². The molecule has 8 nitrogen and oxygen atoms in total. The van der Waals surface area contributed by atoms with E-state index in [0.717, 1.165) is 4.88 Å². The molecule has 1 aliphatic rings. The Bertz CT molecular complexity index is 984. The summed E-state index contributed by atoms with van der Waals surface area (Å²) in [5, 5.41) is 21.9. The summed E-state index contributed by atoms with van der Waals surface area (Å²) >= 11 is 1.40. The van der Waals surface area contributed by atoms with Gasteiger partial charge in [0.25, 0.3) is 11.5 Å². The zero-order valence-electron chi connectivity index (χ0n) is 14.6. The zero-order valence-corrected chi connectivity index (χ0v) is 15.4. The lowest BCUT2D eigenvalue weighted by Crippen LogP contribution is -2.42. The van der Waals surface area contributed by atoms with E-state index in [4.69, 9.17) is 10.00 Å². The SMILES string of the molecule is Cc1cc(C#N)c(CNC(=O)c2nc3n(c(=O)c2O)CCOC3(C)C)s1. The van der Waals surface area contributed by atoms with Crippen LogP contribution < -0.4 is 10.9 Å². The van der Waals surface area contributed by atoms with Crippen LogP contribution in [0.15, 0.2) is 10.9 Å². The summed E-state index contributed by atoms with van der Waals surface area (Å²) in [5.41, 5.74) is -1.36. The van der Waals surface area contributed by atoms with Crippen LogP contribution in [0.4, 0.5) is 0 Å². The molecule has 2 aromatic heterocycles. The Morgan fingerprint density at radius 3 is 3.00 bits per heavy atom. The highest BCUT2D eigenvalue weighted by Gasteiger charge is 2.34. The Kier molecular flexibility index (Phi) is 4.56. The quantitative estimate of drug-likeness (QED) is 0.838. The first-order chi connectivity index (χ1) is 12.2. The maximum Gasteiger partial charge on any atom is 0.296 e. The average Bonchev–Trinajstić information content (AvgIpc) is 2.95. The summed E-state index contributed by atoms with van der Waals surface area (Å²) in [5.74, 6) is -1.08. The van der Waals surface area contributed by atoms with Gasteiger partial charge < -0.3 is 15.2 Å². The monoisotopic (exact) mass is 374 g/mol. The van der Waals surface area contributed by atoms with Crippen molar-refractivity contribution in [3.8, 4) is 11.8 Å². The molecule has 0 saturated heterocycles. The van der Waals surface area contributed by atoms with Crippen LogP contribution in [0.25, 0.3) is 0 Å². The van der Waals surface area contributed by atoms with Crippen LogP contribution in [0.1, 0.15) is 45.5 Å². The number of aromatic hydroxyl groups is 1. The molecule has 1 aliphatic heterocycles. The lowest BCUT2D eigenvalue weighted by atomic mass is 10.1. The predicted molar refractivity (Wildman–Crippen MR) is 94.1 cm³/mol. The van der Waals surface area contributed by atoms with Gasteiger partial charge in [0.2, 0.25) is 5.75 Å². The van der Waals surface area contributed by atoms with Gasteiger partial charge in [-0.2, -0.15) is 5.26 Å². The molecule has 0 aromatic carbocycles. The van der Waals surface area contributed by atoms with Crippen molar-refractivity contribution in [1.29, 1.82) is 5.26 Å². The van der Waals surface area contributed by atoms with Crippen molar-refractivity contribution >= 4 is 17.2 Å². The molecule has 0 aliphatic carbocycles. The standard InChI is InChI=1S/C17H18N4O4S/c1-9-6-10(7-18)11(26-9)8-19-14(23)12-13(22)15(24)21-4-5-25-17(2,3)16(21)20-12/h6,22H,4-5,8H2,1-3H3,(H,19,23). The molecule has 3 heterocycles. The van der Waals surface area contributed by atoms with Crippen molar-refractivity contribution in [1.82, 2.24) is 14.9 Å². The van der Waals surface area contributed by atoms with Crippen molar-refractivity contribution < 1.29 is 14.6 Å². The number of nitrogens with one attached hydrogen (secondary N) is 1. The van der Waals surface area contributed by atoms with Crippen molar-refractivity contribution in [2.75, 3.05) is 6.61 Å². The molecule has 1 amide bonds. The number of aryl methyl sites for hydroxylation is 1. The van der Waals surface area contributed by atoms with Gasteiger partial charge in [-0.05, 0) is 26.8 Å². The third-order valence-electron chi connectivity index (χ3n) is 4.14. The normalized spacial score (nSPS) is 15.2. The molecular weight excluding hydrogens is 356 g/mol. The van der Waals surface area contributed by atoms with Crippen LogP contribution in [0.2, 0.25) is 0 Å². The van der Waals surface area contributed by atoms with Crippen molar-refractivity contribution in [3.63, 3.8) is 0 Å². The number of hydrogen-bond acceptors (Lipinski definition) is 7. The van der Waals surface area contributed by atoms with E-state index in [-0.39, 0.29) is 18.8 Å². The molecule has 9 heteroatoms. The van der Waals surface area contributed by atoms with Gasteiger partial charge in [-0.3, -0.25) is 14.2 Å². The fourth-order valence-electron chi connectivity index (χ4n) is 2.86. The molecule has 0 fully saturated rings. The summed E-state index contributed by atoms with van der Waals surface area (Å²) in [4.78, 5) is 30.8. The van der Waals surface area contributed by atoms with Crippen LogP contribution in [0, 0.1) is 18.3 Å². The number of fused-ring (bicyclic) bond motifs is 1. The number of thiophene rings is 1. The summed E-state index contributed by atoms with van der Waals surface area (Å²) in [6, 6.07) is 3.82. The van der Waals surface area contributed by atoms with Crippen molar-refractivity contribution in [3.05, 3.63) is 43.3 Å². The molecule has 0 atom stereocenters. The largest absolute Gasteiger partial charge is 0.501 e. The minimum Gasteiger partial charge on any atom is -0.501 e. The van der Waals surface area contributed by atoms with Crippen LogP contribution in [-0.4, -0.2) is 27.2 Å². The molecule has 2 N–H and O–H groups in total. The van der Waals surface area contributed by atoms with E-state index in [0.29, 0.717) is 22.9 Å². The van der Waals surface area contributed by atoms with Crippen LogP contribution in [0.3, 0.4) is 0 Å². The molecule has 3 rings (SSSR count). The highest BCUT2D eigenvalue weighted by Crippen LogP contribution is 2.27. The fraction of sp³-hybridized carbons (Fsp3) is 0.412. The number of carbonyl (C=O) groups excluding carboxylic acids is 1. The summed E-state index contributed by atoms with van der Waals surface area (Å²) in [7, 11) is 0. The van der Waals surface area contributed by atoms with E-state index in [1.54, 1.807) is 19.9 Å². The van der Waals surface area contributed by atoms with Gasteiger partial charge in [-0.25, -0.2) is 4.98 Å². The van der Waals surface area contributed by atoms with Gasteiger partial charge in [0, 0.05) is 9.75 Å².